The van der Waals surface area contributed by atoms with Crippen LogP contribution < -0.4 is 10.6 Å². The van der Waals surface area contributed by atoms with Crippen molar-refractivity contribution in [3.63, 3.8) is 0 Å². The fraction of sp³-hybridized carbons (Fsp3) is 0.706. The van der Waals surface area contributed by atoms with Crippen LogP contribution >= 0.6 is 11.3 Å². The van der Waals surface area contributed by atoms with Gasteiger partial charge in [-0.2, -0.15) is 0 Å². The lowest BCUT2D eigenvalue weighted by atomic mass is 10.2. The van der Waals surface area contributed by atoms with Crippen LogP contribution in [0.3, 0.4) is 0 Å². The quantitative estimate of drug-likeness (QED) is 0.418. The molecule has 7 heteroatoms. The van der Waals surface area contributed by atoms with Crippen LogP contribution in [0.5, 0.6) is 0 Å². The van der Waals surface area contributed by atoms with E-state index in [1.165, 1.54) is 4.88 Å². The topological polar surface area (TPSA) is 52.1 Å². The number of guanidine groups is 1. The van der Waals surface area contributed by atoms with Gasteiger partial charge in [-0.15, -0.1) is 11.3 Å². The molecule has 1 aromatic heterocycles. The van der Waals surface area contributed by atoms with Crippen LogP contribution in [0.15, 0.2) is 22.5 Å². The molecular formula is C17H31N5OS. The van der Waals surface area contributed by atoms with Crippen molar-refractivity contribution in [2.45, 2.75) is 12.5 Å². The van der Waals surface area contributed by atoms with E-state index >= 15 is 0 Å². The number of nitrogens with one attached hydrogen (secondary N) is 2. The van der Waals surface area contributed by atoms with Crippen LogP contribution in [-0.4, -0.2) is 82.8 Å². The van der Waals surface area contributed by atoms with E-state index in [0.717, 1.165) is 58.3 Å². The summed E-state index contributed by atoms with van der Waals surface area (Å²) < 4.78 is 5.50. The normalized spacial score (nSPS) is 17.9. The number of hydrogen-bond acceptors (Lipinski definition) is 5. The highest BCUT2D eigenvalue weighted by Gasteiger charge is 2.23. The third-order valence-corrected chi connectivity index (χ3v) is 5.09. The van der Waals surface area contributed by atoms with E-state index in [-0.39, 0.29) is 0 Å². The van der Waals surface area contributed by atoms with Crippen LogP contribution in [0.4, 0.5) is 0 Å². The van der Waals surface area contributed by atoms with Gasteiger partial charge in [0.15, 0.2) is 5.96 Å². The average Bonchev–Trinajstić information content (AvgIpc) is 3.12. The van der Waals surface area contributed by atoms with Gasteiger partial charge in [-0.1, -0.05) is 6.07 Å². The molecule has 0 saturated carbocycles. The van der Waals surface area contributed by atoms with E-state index in [4.69, 9.17) is 4.74 Å². The molecule has 0 aliphatic carbocycles. The van der Waals surface area contributed by atoms with Crippen LogP contribution in [0, 0.1) is 0 Å². The largest absolute Gasteiger partial charge is 0.379 e. The van der Waals surface area contributed by atoms with Crippen LogP contribution in [-0.2, 0) is 4.74 Å². The molecule has 0 radical (unpaired) electrons. The van der Waals surface area contributed by atoms with Crippen LogP contribution in [0.2, 0.25) is 0 Å². The SMILES string of the molecule is CN=C(NCCCN(C)C)NCC(c1cccs1)N1CCOCC1. The van der Waals surface area contributed by atoms with E-state index in [1.54, 1.807) is 0 Å². The molecule has 1 saturated heterocycles. The van der Waals surface area contributed by atoms with E-state index in [1.807, 2.05) is 18.4 Å². The Hall–Kier alpha value is -1.15. The van der Waals surface area contributed by atoms with Gasteiger partial charge in [-0.3, -0.25) is 9.89 Å². The van der Waals surface area contributed by atoms with E-state index in [9.17, 15) is 0 Å². The number of rotatable bonds is 8. The number of thiophene rings is 1. The minimum atomic E-state index is 0.370. The molecule has 0 spiro atoms. The highest BCUT2D eigenvalue weighted by Crippen LogP contribution is 2.25. The molecule has 24 heavy (non-hydrogen) atoms. The summed E-state index contributed by atoms with van der Waals surface area (Å²) in [6.45, 7) is 6.47. The molecule has 1 fully saturated rings. The van der Waals surface area contributed by atoms with Crippen molar-refractivity contribution in [1.29, 1.82) is 0 Å². The Morgan fingerprint density at radius 3 is 2.79 bits per heavy atom. The van der Waals surface area contributed by atoms with Crippen molar-refractivity contribution in [3.8, 4) is 0 Å². The van der Waals surface area contributed by atoms with Gasteiger partial charge in [0.05, 0.1) is 19.3 Å². The predicted octanol–water partition coefficient (Wildman–Crippen LogP) is 1.24. The molecule has 2 heterocycles. The summed E-state index contributed by atoms with van der Waals surface area (Å²) in [5.74, 6) is 0.878. The van der Waals surface area contributed by atoms with Gasteiger partial charge in [0, 0.05) is 38.1 Å². The Morgan fingerprint density at radius 2 is 2.17 bits per heavy atom. The zero-order chi connectivity index (χ0) is 17.2. The monoisotopic (exact) mass is 353 g/mol. The van der Waals surface area contributed by atoms with Gasteiger partial charge in [0.1, 0.15) is 0 Å². The zero-order valence-corrected chi connectivity index (χ0v) is 15.9. The van der Waals surface area contributed by atoms with Crippen molar-refractivity contribution in [2.24, 2.45) is 4.99 Å². The van der Waals surface area contributed by atoms with Gasteiger partial charge < -0.3 is 20.3 Å². The van der Waals surface area contributed by atoms with Crippen molar-refractivity contribution >= 4 is 17.3 Å². The van der Waals surface area contributed by atoms with Crippen LogP contribution in [0.25, 0.3) is 0 Å². The third-order valence-electron chi connectivity index (χ3n) is 4.12. The first-order valence-electron chi connectivity index (χ1n) is 8.65. The second-order valence-electron chi connectivity index (χ2n) is 6.22. The Balaban J connectivity index is 1.84. The molecule has 0 bridgehead atoms. The van der Waals surface area contributed by atoms with E-state index in [0.29, 0.717) is 6.04 Å². The Kier molecular flexibility index (Phi) is 8.52. The molecule has 0 amide bonds. The lowest BCUT2D eigenvalue weighted by molar-refractivity contribution is 0.0177. The summed E-state index contributed by atoms with van der Waals surface area (Å²) >= 11 is 1.82. The van der Waals surface area contributed by atoms with Crippen molar-refractivity contribution in [3.05, 3.63) is 22.4 Å². The fourth-order valence-corrected chi connectivity index (χ4v) is 3.66. The van der Waals surface area contributed by atoms with Gasteiger partial charge in [-0.25, -0.2) is 0 Å². The predicted molar refractivity (Wildman–Crippen MR) is 102 cm³/mol. The minimum Gasteiger partial charge on any atom is -0.379 e. The molecule has 1 unspecified atom stereocenters. The number of ether oxygens (including phenoxy) is 1. The minimum absolute atomic E-state index is 0.370. The maximum atomic E-state index is 5.50. The third kappa shape index (κ3) is 6.39. The van der Waals surface area contributed by atoms with Crippen molar-refractivity contribution in [1.82, 2.24) is 20.4 Å². The average molecular weight is 354 g/mol. The lowest BCUT2D eigenvalue weighted by Crippen LogP contribution is -2.46. The van der Waals surface area contributed by atoms with Gasteiger partial charge in [-0.05, 0) is 38.5 Å². The van der Waals surface area contributed by atoms with Gasteiger partial charge >= 0.3 is 0 Å². The highest BCUT2D eigenvalue weighted by atomic mass is 32.1. The first-order chi connectivity index (χ1) is 11.7. The van der Waals surface area contributed by atoms with Gasteiger partial charge in [0.25, 0.3) is 0 Å². The second-order valence-corrected chi connectivity index (χ2v) is 7.20. The summed E-state index contributed by atoms with van der Waals surface area (Å²) in [5.41, 5.74) is 0. The maximum Gasteiger partial charge on any atom is 0.191 e. The second kappa shape index (κ2) is 10.7. The zero-order valence-electron chi connectivity index (χ0n) is 15.1. The smallest absolute Gasteiger partial charge is 0.191 e. The molecule has 0 aromatic carbocycles. The van der Waals surface area contributed by atoms with Crippen LogP contribution in [0.1, 0.15) is 17.3 Å². The molecular weight excluding hydrogens is 322 g/mol. The summed E-state index contributed by atoms with van der Waals surface area (Å²) in [5, 5.41) is 9.04. The maximum absolute atomic E-state index is 5.50. The molecule has 136 valence electrons. The molecule has 1 aliphatic rings. The first-order valence-corrected chi connectivity index (χ1v) is 9.53. The summed E-state index contributed by atoms with van der Waals surface area (Å²) in [4.78, 5) is 10.4. The molecule has 1 atom stereocenters. The summed E-state index contributed by atoms with van der Waals surface area (Å²) in [7, 11) is 6.03. The lowest BCUT2D eigenvalue weighted by Gasteiger charge is -2.34. The van der Waals surface area contributed by atoms with E-state index in [2.05, 4.69) is 57.0 Å². The Bertz CT molecular complexity index is 471. The number of hydrogen-bond donors (Lipinski definition) is 2. The number of morpholine rings is 1. The first kappa shape index (κ1) is 19.2. The number of aliphatic imine (C=N–C) groups is 1. The fourth-order valence-electron chi connectivity index (χ4n) is 2.80. The number of nitrogens with zero attached hydrogens (tertiary/aromatic N) is 3. The van der Waals surface area contributed by atoms with E-state index < -0.39 is 0 Å². The molecule has 2 rings (SSSR count). The van der Waals surface area contributed by atoms with Crippen molar-refractivity contribution in [2.75, 3.05) is 67.1 Å². The highest BCUT2D eigenvalue weighted by molar-refractivity contribution is 7.10. The standard InChI is InChI=1S/C17H31N5OS/c1-18-17(19-7-5-8-21(2)3)20-14-15(16-6-4-13-24-16)22-9-11-23-12-10-22/h4,6,13,15H,5,7-12,14H2,1-3H3,(H2,18,19,20). The molecule has 1 aromatic rings. The van der Waals surface area contributed by atoms with Crippen molar-refractivity contribution < 1.29 is 4.74 Å². The van der Waals surface area contributed by atoms with Gasteiger partial charge in [0.2, 0.25) is 0 Å². The summed E-state index contributed by atoms with van der Waals surface area (Å²) in [6.07, 6.45) is 1.10. The Morgan fingerprint density at radius 1 is 1.38 bits per heavy atom. The Labute approximate surface area is 149 Å². The molecule has 2 N–H and O–H groups in total. The summed E-state index contributed by atoms with van der Waals surface area (Å²) in [6, 6.07) is 4.72. The molecule has 6 nitrogen and oxygen atoms in total. The molecule has 1 aliphatic heterocycles.